The molecule has 0 radical (unpaired) electrons. The van der Waals surface area contributed by atoms with Crippen LogP contribution in [0, 0.1) is 0 Å². The number of thiazole rings is 1. The van der Waals surface area contributed by atoms with Gasteiger partial charge in [0.15, 0.2) is 0 Å². The maximum atomic E-state index is 9.44. The van der Waals surface area contributed by atoms with Crippen molar-refractivity contribution in [3.05, 3.63) is 16.1 Å². The largest absolute Gasteiger partial charge is 0.387 e. The highest BCUT2D eigenvalue weighted by Crippen LogP contribution is 2.33. The van der Waals surface area contributed by atoms with Gasteiger partial charge < -0.3 is 5.11 Å². The molecule has 0 aliphatic heterocycles. The van der Waals surface area contributed by atoms with Crippen molar-refractivity contribution in [3.8, 4) is 0 Å². The first-order valence-electron chi connectivity index (χ1n) is 5.91. The minimum Gasteiger partial charge on any atom is -0.387 e. The summed E-state index contributed by atoms with van der Waals surface area (Å²) in [5.41, 5.74) is 0.847. The Kier molecular flexibility index (Phi) is 3.76. The molecular weight excluding hydrogens is 206 g/mol. The Balaban J connectivity index is 2.06. The highest BCUT2D eigenvalue weighted by atomic mass is 32.1. The van der Waals surface area contributed by atoms with Crippen LogP contribution < -0.4 is 0 Å². The van der Waals surface area contributed by atoms with Gasteiger partial charge in [-0.3, -0.25) is 0 Å². The fourth-order valence-corrected chi connectivity index (χ4v) is 3.28. The summed E-state index contributed by atoms with van der Waals surface area (Å²) >= 11 is 1.72. The van der Waals surface area contributed by atoms with Gasteiger partial charge in [-0.1, -0.05) is 25.7 Å². The minimum atomic E-state index is -0.416. The highest BCUT2D eigenvalue weighted by molar-refractivity contribution is 7.09. The van der Waals surface area contributed by atoms with Gasteiger partial charge in [-0.15, -0.1) is 11.3 Å². The van der Waals surface area contributed by atoms with Crippen LogP contribution in [-0.4, -0.2) is 10.1 Å². The number of aliphatic hydroxyl groups excluding tert-OH is 1. The second kappa shape index (κ2) is 5.08. The van der Waals surface area contributed by atoms with Crippen molar-refractivity contribution in [3.63, 3.8) is 0 Å². The van der Waals surface area contributed by atoms with Crippen molar-refractivity contribution in [2.75, 3.05) is 0 Å². The normalized spacial score (nSPS) is 21.2. The lowest BCUT2D eigenvalue weighted by atomic mass is 10.0. The van der Waals surface area contributed by atoms with E-state index in [4.69, 9.17) is 0 Å². The van der Waals surface area contributed by atoms with Crippen LogP contribution in [0.2, 0.25) is 0 Å². The molecule has 2 nitrogen and oxygen atoms in total. The number of nitrogens with zero attached hydrogens (tertiary/aromatic N) is 1. The Bertz CT molecular complexity index is 300. The van der Waals surface area contributed by atoms with Gasteiger partial charge in [-0.05, 0) is 19.8 Å². The smallest absolute Gasteiger partial charge is 0.0960 e. The molecule has 1 heterocycles. The summed E-state index contributed by atoms with van der Waals surface area (Å²) in [4.78, 5) is 4.54. The van der Waals surface area contributed by atoms with Gasteiger partial charge in [-0.2, -0.15) is 0 Å². The topological polar surface area (TPSA) is 33.1 Å². The van der Waals surface area contributed by atoms with Crippen molar-refractivity contribution in [2.24, 2.45) is 0 Å². The van der Waals surface area contributed by atoms with Crippen molar-refractivity contribution in [2.45, 2.75) is 57.5 Å². The van der Waals surface area contributed by atoms with Gasteiger partial charge in [0.1, 0.15) is 0 Å². The van der Waals surface area contributed by atoms with Gasteiger partial charge in [0.25, 0.3) is 0 Å². The van der Waals surface area contributed by atoms with E-state index in [9.17, 15) is 5.11 Å². The number of aliphatic hydroxyl groups is 1. The van der Waals surface area contributed by atoms with Crippen LogP contribution in [0.15, 0.2) is 5.38 Å². The summed E-state index contributed by atoms with van der Waals surface area (Å²) in [5, 5.41) is 12.7. The molecule has 15 heavy (non-hydrogen) atoms. The van der Waals surface area contributed by atoms with Crippen LogP contribution in [0.3, 0.4) is 0 Å². The van der Waals surface area contributed by atoms with Crippen LogP contribution in [0.1, 0.15) is 68.2 Å². The summed E-state index contributed by atoms with van der Waals surface area (Å²) in [6.07, 6.45) is 7.60. The SMILES string of the molecule is CC(O)c1csc(C2CCCCCC2)n1. The zero-order valence-corrected chi connectivity index (χ0v) is 10.1. The molecule has 0 amide bonds. The van der Waals surface area contributed by atoms with Gasteiger partial charge in [0.2, 0.25) is 0 Å². The third-order valence-corrected chi connectivity index (χ3v) is 4.20. The maximum Gasteiger partial charge on any atom is 0.0960 e. The fourth-order valence-electron chi connectivity index (χ4n) is 2.21. The van der Waals surface area contributed by atoms with E-state index in [0.717, 1.165) is 5.69 Å². The van der Waals surface area contributed by atoms with Gasteiger partial charge >= 0.3 is 0 Å². The van der Waals surface area contributed by atoms with E-state index in [1.54, 1.807) is 18.3 Å². The van der Waals surface area contributed by atoms with Crippen LogP contribution >= 0.6 is 11.3 Å². The molecule has 1 saturated carbocycles. The first-order valence-corrected chi connectivity index (χ1v) is 6.78. The molecule has 2 rings (SSSR count). The van der Waals surface area contributed by atoms with Crippen molar-refractivity contribution in [1.82, 2.24) is 4.98 Å². The Morgan fingerprint density at radius 1 is 1.33 bits per heavy atom. The standard InChI is InChI=1S/C12H19NOS/c1-9(14)11-8-15-12(13-11)10-6-4-2-3-5-7-10/h8-10,14H,2-7H2,1H3. The molecule has 1 atom stereocenters. The Morgan fingerprint density at radius 2 is 2.00 bits per heavy atom. The molecule has 0 spiro atoms. The van der Waals surface area contributed by atoms with Gasteiger partial charge in [0, 0.05) is 11.3 Å². The molecule has 3 heteroatoms. The Hall–Kier alpha value is -0.410. The zero-order chi connectivity index (χ0) is 10.7. The summed E-state index contributed by atoms with van der Waals surface area (Å²) < 4.78 is 0. The van der Waals surface area contributed by atoms with Crippen LogP contribution in [0.4, 0.5) is 0 Å². The van der Waals surface area contributed by atoms with E-state index in [0.29, 0.717) is 5.92 Å². The minimum absolute atomic E-state index is 0.416. The molecule has 0 aromatic carbocycles. The Labute approximate surface area is 95.4 Å². The predicted octanol–water partition coefficient (Wildman–Crippen LogP) is 3.63. The van der Waals surface area contributed by atoms with Crippen molar-refractivity contribution >= 4 is 11.3 Å². The van der Waals surface area contributed by atoms with Gasteiger partial charge in [-0.25, -0.2) is 4.98 Å². The van der Waals surface area contributed by atoms with E-state index < -0.39 is 6.10 Å². The average Bonchev–Trinajstić information content (AvgIpc) is 2.55. The second-order valence-corrected chi connectivity index (χ2v) is 5.36. The van der Waals surface area contributed by atoms with Crippen molar-refractivity contribution < 1.29 is 5.11 Å². The molecule has 1 aromatic rings. The van der Waals surface area contributed by atoms with Crippen LogP contribution in [0.25, 0.3) is 0 Å². The molecule has 84 valence electrons. The average molecular weight is 225 g/mol. The highest BCUT2D eigenvalue weighted by Gasteiger charge is 2.18. The fraction of sp³-hybridized carbons (Fsp3) is 0.750. The lowest BCUT2D eigenvalue weighted by Crippen LogP contribution is -1.98. The molecule has 1 N–H and O–H groups in total. The number of aromatic nitrogens is 1. The summed E-state index contributed by atoms with van der Waals surface area (Å²) in [6.45, 7) is 1.78. The van der Waals surface area contributed by atoms with E-state index in [2.05, 4.69) is 4.98 Å². The third-order valence-electron chi connectivity index (χ3n) is 3.17. The molecule has 1 aliphatic rings. The summed E-state index contributed by atoms with van der Waals surface area (Å²) in [7, 11) is 0. The molecule has 1 fully saturated rings. The van der Waals surface area contributed by atoms with E-state index in [1.165, 1.54) is 43.5 Å². The first kappa shape index (κ1) is 11.1. The summed E-state index contributed by atoms with van der Waals surface area (Å²) in [6, 6.07) is 0. The van der Waals surface area contributed by atoms with Crippen LogP contribution in [0.5, 0.6) is 0 Å². The van der Waals surface area contributed by atoms with Crippen molar-refractivity contribution in [1.29, 1.82) is 0 Å². The molecular formula is C12H19NOS. The lowest BCUT2D eigenvalue weighted by Gasteiger charge is -2.09. The zero-order valence-electron chi connectivity index (χ0n) is 9.28. The van der Waals surface area contributed by atoms with E-state index in [-0.39, 0.29) is 0 Å². The number of hydrogen-bond acceptors (Lipinski definition) is 3. The first-order chi connectivity index (χ1) is 7.27. The Morgan fingerprint density at radius 3 is 2.53 bits per heavy atom. The summed E-state index contributed by atoms with van der Waals surface area (Å²) in [5.74, 6) is 0.657. The maximum absolute atomic E-state index is 9.44. The second-order valence-electron chi connectivity index (χ2n) is 4.48. The number of hydrogen-bond donors (Lipinski definition) is 1. The van der Waals surface area contributed by atoms with E-state index >= 15 is 0 Å². The molecule has 1 unspecified atom stereocenters. The predicted molar refractivity (Wildman–Crippen MR) is 63.2 cm³/mol. The third kappa shape index (κ3) is 2.79. The molecule has 1 aliphatic carbocycles. The quantitative estimate of drug-likeness (QED) is 0.780. The van der Waals surface area contributed by atoms with Crippen LogP contribution in [-0.2, 0) is 0 Å². The van der Waals surface area contributed by atoms with E-state index in [1.807, 2.05) is 5.38 Å². The number of rotatable bonds is 2. The molecule has 0 saturated heterocycles. The van der Waals surface area contributed by atoms with Gasteiger partial charge in [0.05, 0.1) is 16.8 Å². The molecule has 1 aromatic heterocycles. The lowest BCUT2D eigenvalue weighted by molar-refractivity contribution is 0.195. The molecule has 0 bridgehead atoms. The monoisotopic (exact) mass is 225 g/mol.